The van der Waals surface area contributed by atoms with Gasteiger partial charge in [0, 0.05) is 6.54 Å². The SMILES string of the molecule is CCCNc1nc(NC(CC)CO)nc(OC(C)C)n1. The predicted octanol–water partition coefficient (Wildman–Crippen LogP) is 1.66. The Morgan fingerprint density at radius 1 is 1.15 bits per heavy atom. The van der Waals surface area contributed by atoms with Gasteiger partial charge in [-0.1, -0.05) is 13.8 Å². The lowest BCUT2D eigenvalue weighted by Crippen LogP contribution is -2.24. The van der Waals surface area contributed by atoms with Crippen LogP contribution in [0.15, 0.2) is 0 Å². The van der Waals surface area contributed by atoms with Crippen LogP contribution >= 0.6 is 0 Å². The van der Waals surface area contributed by atoms with Gasteiger partial charge in [-0.05, 0) is 26.7 Å². The molecule has 0 bridgehead atoms. The minimum Gasteiger partial charge on any atom is -0.461 e. The van der Waals surface area contributed by atoms with Crippen molar-refractivity contribution in [3.05, 3.63) is 0 Å². The number of ether oxygens (including phenoxy) is 1. The molecule has 20 heavy (non-hydrogen) atoms. The van der Waals surface area contributed by atoms with Gasteiger partial charge in [0.25, 0.3) is 0 Å². The van der Waals surface area contributed by atoms with Crippen LogP contribution in [0.4, 0.5) is 11.9 Å². The molecule has 1 heterocycles. The van der Waals surface area contributed by atoms with Gasteiger partial charge in [0.05, 0.1) is 18.8 Å². The lowest BCUT2D eigenvalue weighted by atomic mass is 10.2. The molecule has 1 rings (SSSR count). The molecule has 1 unspecified atom stereocenters. The number of aliphatic hydroxyl groups excluding tert-OH is 1. The summed E-state index contributed by atoms with van der Waals surface area (Å²) in [5.74, 6) is 0.892. The molecule has 0 fully saturated rings. The van der Waals surface area contributed by atoms with E-state index in [1.807, 2.05) is 20.8 Å². The average molecular weight is 283 g/mol. The van der Waals surface area contributed by atoms with Gasteiger partial charge in [0.2, 0.25) is 11.9 Å². The zero-order valence-corrected chi connectivity index (χ0v) is 12.7. The standard InChI is InChI=1S/C13H25N5O2/c1-5-7-14-11-16-12(15-10(6-2)8-19)18-13(17-11)20-9(3)4/h9-10,19H,5-8H2,1-4H3,(H2,14,15,16,17,18). The second-order valence-corrected chi connectivity index (χ2v) is 4.79. The van der Waals surface area contributed by atoms with Gasteiger partial charge >= 0.3 is 6.01 Å². The molecule has 0 saturated heterocycles. The Labute approximate surface area is 120 Å². The van der Waals surface area contributed by atoms with Gasteiger partial charge in [0.15, 0.2) is 0 Å². The highest BCUT2D eigenvalue weighted by Crippen LogP contribution is 2.14. The molecule has 0 aromatic carbocycles. The average Bonchev–Trinajstić information content (AvgIpc) is 2.41. The number of aromatic nitrogens is 3. The van der Waals surface area contributed by atoms with E-state index in [0.29, 0.717) is 11.9 Å². The Balaban J connectivity index is 2.89. The third-order valence-corrected chi connectivity index (χ3v) is 2.54. The molecule has 1 aromatic heterocycles. The quantitative estimate of drug-likeness (QED) is 0.634. The molecule has 1 aromatic rings. The van der Waals surface area contributed by atoms with Gasteiger partial charge < -0.3 is 20.5 Å². The zero-order chi connectivity index (χ0) is 15.0. The number of anilines is 2. The first-order valence-electron chi connectivity index (χ1n) is 7.13. The molecule has 114 valence electrons. The van der Waals surface area contributed by atoms with E-state index in [9.17, 15) is 5.11 Å². The summed E-state index contributed by atoms with van der Waals surface area (Å²) in [7, 11) is 0. The molecule has 7 heteroatoms. The molecule has 3 N–H and O–H groups in total. The van der Waals surface area contributed by atoms with E-state index < -0.39 is 0 Å². The predicted molar refractivity (Wildman–Crippen MR) is 79.2 cm³/mol. The van der Waals surface area contributed by atoms with Crippen molar-refractivity contribution >= 4 is 11.9 Å². The van der Waals surface area contributed by atoms with E-state index in [1.165, 1.54) is 0 Å². The first-order valence-corrected chi connectivity index (χ1v) is 7.13. The highest BCUT2D eigenvalue weighted by atomic mass is 16.5. The van der Waals surface area contributed by atoms with Crippen molar-refractivity contribution in [1.82, 2.24) is 15.0 Å². The van der Waals surface area contributed by atoms with Gasteiger partial charge in [-0.2, -0.15) is 15.0 Å². The molecule has 0 aliphatic rings. The lowest BCUT2D eigenvalue weighted by Gasteiger charge is -2.16. The van der Waals surface area contributed by atoms with E-state index in [-0.39, 0.29) is 24.8 Å². The number of nitrogens with zero attached hydrogens (tertiary/aromatic N) is 3. The van der Waals surface area contributed by atoms with Gasteiger partial charge in [-0.3, -0.25) is 0 Å². The van der Waals surface area contributed by atoms with Gasteiger partial charge in [-0.15, -0.1) is 0 Å². The second kappa shape index (κ2) is 8.52. The van der Waals surface area contributed by atoms with Crippen molar-refractivity contribution in [2.24, 2.45) is 0 Å². The van der Waals surface area contributed by atoms with E-state index in [2.05, 4.69) is 32.5 Å². The fourth-order valence-electron chi connectivity index (χ4n) is 1.46. The van der Waals surface area contributed by atoms with Crippen LogP contribution < -0.4 is 15.4 Å². The Morgan fingerprint density at radius 2 is 1.85 bits per heavy atom. The van der Waals surface area contributed by atoms with E-state index in [4.69, 9.17) is 4.74 Å². The summed E-state index contributed by atoms with van der Waals surface area (Å²) in [5, 5.41) is 15.4. The summed E-state index contributed by atoms with van der Waals surface area (Å²) < 4.78 is 5.52. The topological polar surface area (TPSA) is 92.2 Å². The number of rotatable bonds is 9. The molecule has 0 amide bonds. The van der Waals surface area contributed by atoms with Crippen molar-refractivity contribution in [1.29, 1.82) is 0 Å². The van der Waals surface area contributed by atoms with Crippen LogP contribution in [0, 0.1) is 0 Å². The summed E-state index contributed by atoms with van der Waals surface area (Å²) >= 11 is 0. The molecule has 0 aliphatic carbocycles. The molecule has 0 radical (unpaired) electrons. The third-order valence-electron chi connectivity index (χ3n) is 2.54. The number of nitrogens with one attached hydrogen (secondary N) is 2. The van der Waals surface area contributed by atoms with Crippen molar-refractivity contribution in [2.75, 3.05) is 23.8 Å². The molecular weight excluding hydrogens is 258 g/mol. The zero-order valence-electron chi connectivity index (χ0n) is 12.7. The maximum atomic E-state index is 9.23. The Kier molecular flexibility index (Phi) is 7.00. The highest BCUT2D eigenvalue weighted by Gasteiger charge is 2.12. The summed E-state index contributed by atoms with van der Waals surface area (Å²) in [6, 6.07) is 0.201. The van der Waals surface area contributed by atoms with Crippen LogP contribution in [0.25, 0.3) is 0 Å². The first-order chi connectivity index (χ1) is 9.58. The minimum atomic E-state index is -0.0803. The van der Waals surface area contributed by atoms with E-state index >= 15 is 0 Å². The molecule has 0 saturated carbocycles. The number of hydrogen-bond donors (Lipinski definition) is 3. The molecule has 0 spiro atoms. The second-order valence-electron chi connectivity index (χ2n) is 4.79. The Morgan fingerprint density at radius 3 is 2.40 bits per heavy atom. The largest absolute Gasteiger partial charge is 0.461 e. The van der Waals surface area contributed by atoms with Crippen LogP contribution in [0.3, 0.4) is 0 Å². The van der Waals surface area contributed by atoms with Crippen LogP contribution in [0.1, 0.15) is 40.5 Å². The van der Waals surface area contributed by atoms with Crippen molar-refractivity contribution in [3.63, 3.8) is 0 Å². The number of aliphatic hydroxyl groups is 1. The third kappa shape index (κ3) is 5.56. The summed E-state index contributed by atoms with van der Waals surface area (Å²) in [4.78, 5) is 12.7. The molecule has 1 atom stereocenters. The maximum Gasteiger partial charge on any atom is 0.323 e. The van der Waals surface area contributed by atoms with Gasteiger partial charge in [0.1, 0.15) is 0 Å². The van der Waals surface area contributed by atoms with Crippen LogP contribution in [0.2, 0.25) is 0 Å². The van der Waals surface area contributed by atoms with Crippen LogP contribution in [-0.2, 0) is 0 Å². The molecular formula is C13H25N5O2. The fraction of sp³-hybridized carbons (Fsp3) is 0.769. The molecule has 0 aliphatic heterocycles. The normalized spacial score (nSPS) is 12.3. The summed E-state index contributed by atoms with van der Waals surface area (Å²) in [6.07, 6.45) is 1.74. The lowest BCUT2D eigenvalue weighted by molar-refractivity contribution is 0.222. The van der Waals surface area contributed by atoms with Crippen molar-refractivity contribution < 1.29 is 9.84 Å². The summed E-state index contributed by atoms with van der Waals surface area (Å²) in [6.45, 7) is 8.69. The van der Waals surface area contributed by atoms with Crippen molar-refractivity contribution in [3.8, 4) is 6.01 Å². The highest BCUT2D eigenvalue weighted by molar-refractivity contribution is 5.36. The van der Waals surface area contributed by atoms with Crippen LogP contribution in [0.5, 0.6) is 6.01 Å². The maximum absolute atomic E-state index is 9.23. The minimum absolute atomic E-state index is 0.0101. The van der Waals surface area contributed by atoms with E-state index in [0.717, 1.165) is 19.4 Å². The van der Waals surface area contributed by atoms with E-state index in [1.54, 1.807) is 0 Å². The Hall–Kier alpha value is -1.63. The summed E-state index contributed by atoms with van der Waals surface area (Å²) in [5.41, 5.74) is 0. The van der Waals surface area contributed by atoms with Crippen molar-refractivity contribution in [2.45, 2.75) is 52.7 Å². The Bertz CT molecular complexity index is 396. The number of hydrogen-bond acceptors (Lipinski definition) is 7. The molecule has 7 nitrogen and oxygen atoms in total. The van der Waals surface area contributed by atoms with Gasteiger partial charge in [-0.25, -0.2) is 0 Å². The smallest absolute Gasteiger partial charge is 0.323 e. The first kappa shape index (κ1) is 16.4. The van der Waals surface area contributed by atoms with Crippen LogP contribution in [-0.4, -0.2) is 45.4 Å². The monoisotopic (exact) mass is 283 g/mol. The fourth-order valence-corrected chi connectivity index (χ4v) is 1.46.